The fourth-order valence-electron chi connectivity index (χ4n) is 2.44. The zero-order valence-corrected chi connectivity index (χ0v) is 16.5. The van der Waals surface area contributed by atoms with Gasteiger partial charge in [-0.1, -0.05) is 6.07 Å². The van der Waals surface area contributed by atoms with Crippen LogP contribution >= 0.6 is 0 Å². The van der Waals surface area contributed by atoms with Crippen molar-refractivity contribution in [3.63, 3.8) is 0 Å². The molecule has 28 heavy (non-hydrogen) atoms. The van der Waals surface area contributed by atoms with Crippen LogP contribution in [0.3, 0.4) is 0 Å². The third-order valence-corrected chi connectivity index (χ3v) is 5.12. The van der Waals surface area contributed by atoms with E-state index in [0.29, 0.717) is 23.8 Å². The topological polar surface area (TPSA) is 93.2 Å². The molecule has 1 aromatic carbocycles. The maximum atomic E-state index is 12.5. The largest absolute Gasteiger partial charge is 0.491 e. The second kappa shape index (κ2) is 8.71. The lowest BCUT2D eigenvalue weighted by Crippen LogP contribution is -2.13. The van der Waals surface area contributed by atoms with Gasteiger partial charge in [-0.15, -0.1) is 0 Å². The molecule has 3 aromatic rings. The van der Waals surface area contributed by atoms with Gasteiger partial charge in [0.1, 0.15) is 11.6 Å². The van der Waals surface area contributed by atoms with E-state index in [1.54, 1.807) is 36.7 Å². The van der Waals surface area contributed by atoms with Crippen molar-refractivity contribution in [3.8, 4) is 5.75 Å². The molecule has 2 aromatic heterocycles. The number of pyridine rings is 2. The molecular formula is C20H22N4O3S. The minimum Gasteiger partial charge on any atom is -0.491 e. The monoisotopic (exact) mass is 398 g/mol. The summed E-state index contributed by atoms with van der Waals surface area (Å²) in [5.74, 6) is 1.27. The first-order chi connectivity index (χ1) is 13.4. The van der Waals surface area contributed by atoms with Crippen LogP contribution in [0.5, 0.6) is 5.75 Å². The lowest BCUT2D eigenvalue weighted by Gasteiger charge is -2.11. The Balaban J connectivity index is 1.62. The molecule has 0 saturated carbocycles. The van der Waals surface area contributed by atoms with Gasteiger partial charge in [-0.3, -0.25) is 9.71 Å². The maximum absolute atomic E-state index is 12.5. The van der Waals surface area contributed by atoms with Crippen LogP contribution < -0.4 is 14.8 Å². The van der Waals surface area contributed by atoms with Gasteiger partial charge in [0.15, 0.2) is 0 Å². The van der Waals surface area contributed by atoms with E-state index < -0.39 is 10.0 Å². The van der Waals surface area contributed by atoms with Crippen molar-refractivity contribution in [2.24, 2.45) is 0 Å². The predicted octanol–water partition coefficient (Wildman–Crippen LogP) is 3.68. The Labute approximate surface area is 164 Å². The summed E-state index contributed by atoms with van der Waals surface area (Å²) in [7, 11) is -3.70. The van der Waals surface area contributed by atoms with E-state index in [1.807, 2.05) is 26.0 Å². The normalized spacial score (nSPS) is 11.2. The van der Waals surface area contributed by atoms with Gasteiger partial charge in [-0.05, 0) is 61.9 Å². The quantitative estimate of drug-likeness (QED) is 0.601. The van der Waals surface area contributed by atoms with Gasteiger partial charge in [-0.25, -0.2) is 13.4 Å². The highest BCUT2D eigenvalue weighted by Gasteiger charge is 2.14. The highest BCUT2D eigenvalue weighted by atomic mass is 32.2. The average molecular weight is 398 g/mol. The van der Waals surface area contributed by atoms with Gasteiger partial charge >= 0.3 is 0 Å². The van der Waals surface area contributed by atoms with Crippen LogP contribution in [-0.2, 0) is 16.6 Å². The molecule has 2 heterocycles. The number of nitrogens with one attached hydrogen (secondary N) is 2. The number of nitrogens with zero attached hydrogens (tertiary/aromatic N) is 2. The molecule has 0 atom stereocenters. The van der Waals surface area contributed by atoms with E-state index in [4.69, 9.17) is 4.74 Å². The van der Waals surface area contributed by atoms with Gasteiger partial charge in [0, 0.05) is 18.9 Å². The van der Waals surface area contributed by atoms with Crippen molar-refractivity contribution in [1.29, 1.82) is 0 Å². The first kappa shape index (κ1) is 19.6. The molecule has 0 amide bonds. The van der Waals surface area contributed by atoms with Crippen molar-refractivity contribution >= 4 is 21.5 Å². The Morgan fingerprint density at radius 1 is 1.04 bits per heavy atom. The van der Waals surface area contributed by atoms with Crippen LogP contribution in [0.25, 0.3) is 0 Å². The van der Waals surface area contributed by atoms with E-state index >= 15 is 0 Å². The maximum Gasteiger partial charge on any atom is 0.261 e. The summed E-state index contributed by atoms with van der Waals surface area (Å²) in [6, 6.07) is 13.5. The number of aromatic nitrogens is 2. The molecule has 7 nitrogen and oxygen atoms in total. The Morgan fingerprint density at radius 3 is 2.43 bits per heavy atom. The van der Waals surface area contributed by atoms with Crippen LogP contribution in [0.1, 0.15) is 19.4 Å². The Hall–Kier alpha value is -3.13. The number of anilines is 2. The third kappa shape index (κ3) is 5.43. The van der Waals surface area contributed by atoms with Gasteiger partial charge in [0.2, 0.25) is 0 Å². The second-order valence-corrected chi connectivity index (χ2v) is 8.07. The number of hydrogen-bond acceptors (Lipinski definition) is 6. The van der Waals surface area contributed by atoms with E-state index in [0.717, 1.165) is 5.56 Å². The average Bonchev–Trinajstić information content (AvgIpc) is 2.68. The summed E-state index contributed by atoms with van der Waals surface area (Å²) in [4.78, 5) is 8.45. The smallest absolute Gasteiger partial charge is 0.261 e. The van der Waals surface area contributed by atoms with Crippen LogP contribution in [-0.4, -0.2) is 24.5 Å². The van der Waals surface area contributed by atoms with Crippen LogP contribution in [0, 0.1) is 0 Å². The lowest BCUT2D eigenvalue weighted by atomic mass is 10.3. The molecule has 0 radical (unpaired) electrons. The molecule has 0 bridgehead atoms. The molecule has 146 valence electrons. The van der Waals surface area contributed by atoms with Crippen molar-refractivity contribution in [1.82, 2.24) is 9.97 Å². The number of rotatable bonds is 8. The minimum absolute atomic E-state index is 0.0249. The van der Waals surface area contributed by atoms with Crippen molar-refractivity contribution in [3.05, 3.63) is 72.7 Å². The molecule has 2 N–H and O–H groups in total. The molecule has 3 rings (SSSR count). The van der Waals surface area contributed by atoms with Crippen molar-refractivity contribution < 1.29 is 13.2 Å². The summed E-state index contributed by atoms with van der Waals surface area (Å²) < 4.78 is 33.1. The summed E-state index contributed by atoms with van der Waals surface area (Å²) in [6.45, 7) is 4.40. The van der Waals surface area contributed by atoms with Gasteiger partial charge in [-0.2, -0.15) is 0 Å². The standard InChI is InChI=1S/C20H22N4O3S/c1-15(2)27-18-6-8-19(9-7-18)28(25,26)24-17-5-10-20(23-14-17)22-13-16-4-3-11-21-12-16/h3-12,14-15,24H,13H2,1-2H3,(H,22,23). The molecule has 0 aliphatic carbocycles. The highest BCUT2D eigenvalue weighted by Crippen LogP contribution is 2.20. The van der Waals surface area contributed by atoms with Crippen molar-refractivity contribution in [2.45, 2.75) is 31.4 Å². The van der Waals surface area contributed by atoms with Crippen molar-refractivity contribution in [2.75, 3.05) is 10.0 Å². The van der Waals surface area contributed by atoms with Crippen LogP contribution in [0.4, 0.5) is 11.5 Å². The minimum atomic E-state index is -3.70. The number of benzene rings is 1. The predicted molar refractivity (Wildman–Crippen MR) is 109 cm³/mol. The fraction of sp³-hybridized carbons (Fsp3) is 0.200. The van der Waals surface area contributed by atoms with Crippen LogP contribution in [0.2, 0.25) is 0 Å². The van der Waals surface area contributed by atoms with E-state index in [-0.39, 0.29) is 11.0 Å². The fourth-order valence-corrected chi connectivity index (χ4v) is 3.48. The summed E-state index contributed by atoms with van der Waals surface area (Å²) in [5.41, 5.74) is 1.41. The highest BCUT2D eigenvalue weighted by molar-refractivity contribution is 7.92. The second-order valence-electron chi connectivity index (χ2n) is 6.39. The van der Waals surface area contributed by atoms with Gasteiger partial charge in [0.25, 0.3) is 10.0 Å². The molecule has 0 spiro atoms. The number of hydrogen-bond donors (Lipinski definition) is 2. The molecule has 0 aliphatic heterocycles. The molecule has 0 aliphatic rings. The first-order valence-electron chi connectivity index (χ1n) is 8.81. The zero-order valence-electron chi connectivity index (χ0n) is 15.7. The number of ether oxygens (including phenoxy) is 1. The molecular weight excluding hydrogens is 376 g/mol. The summed E-state index contributed by atoms with van der Waals surface area (Å²) in [6.07, 6.45) is 4.98. The van der Waals surface area contributed by atoms with Gasteiger partial charge < -0.3 is 10.1 Å². The number of sulfonamides is 1. The Bertz CT molecular complexity index is 990. The molecule has 0 unspecified atom stereocenters. The van der Waals surface area contributed by atoms with Gasteiger partial charge in [0.05, 0.1) is 22.9 Å². The summed E-state index contributed by atoms with van der Waals surface area (Å²) in [5, 5.41) is 3.16. The van der Waals surface area contributed by atoms with E-state index in [2.05, 4.69) is 20.0 Å². The molecule has 0 saturated heterocycles. The SMILES string of the molecule is CC(C)Oc1ccc(S(=O)(=O)Nc2ccc(NCc3cccnc3)nc2)cc1. The first-order valence-corrected chi connectivity index (χ1v) is 10.3. The molecule has 8 heteroatoms. The zero-order chi connectivity index (χ0) is 20.0. The van der Waals surface area contributed by atoms with Crippen LogP contribution in [0.15, 0.2) is 72.0 Å². The Kier molecular flexibility index (Phi) is 6.10. The van der Waals surface area contributed by atoms with E-state index in [9.17, 15) is 8.42 Å². The summed E-state index contributed by atoms with van der Waals surface area (Å²) >= 11 is 0. The Morgan fingerprint density at radius 2 is 1.82 bits per heavy atom. The lowest BCUT2D eigenvalue weighted by molar-refractivity contribution is 0.242. The molecule has 0 fully saturated rings. The van der Waals surface area contributed by atoms with E-state index in [1.165, 1.54) is 18.3 Å². The third-order valence-electron chi connectivity index (χ3n) is 3.72.